The number of hydrogen-bond donors (Lipinski definition) is 3. The molecule has 0 atom stereocenters. The van der Waals surface area contributed by atoms with Crippen molar-refractivity contribution in [2.75, 3.05) is 17.6 Å². The second kappa shape index (κ2) is 5.25. The summed E-state index contributed by atoms with van der Waals surface area (Å²) in [6.45, 7) is 6.81. The van der Waals surface area contributed by atoms with Crippen molar-refractivity contribution in [1.82, 2.24) is 0 Å². The van der Waals surface area contributed by atoms with E-state index in [1.807, 2.05) is 0 Å². The Balaban J connectivity index is 2.83. The van der Waals surface area contributed by atoms with Gasteiger partial charge in [-0.1, -0.05) is 20.8 Å². The molecule has 18 heavy (non-hydrogen) atoms. The van der Waals surface area contributed by atoms with Gasteiger partial charge in [-0.3, -0.25) is 0 Å². The van der Waals surface area contributed by atoms with Gasteiger partial charge in [0.05, 0.1) is 11.3 Å². The summed E-state index contributed by atoms with van der Waals surface area (Å²) < 4.78 is 13.6. The Morgan fingerprint density at radius 1 is 1.44 bits per heavy atom. The molecule has 0 aliphatic heterocycles. The molecule has 0 unspecified atom stereocenters. The molecular weight excluding hydrogens is 235 g/mol. The number of nitrogens with two attached hydrogens (primary N) is 1. The SMILES string of the molecule is CC(C)(C)CCNc1cc(C(=O)O)c(N)cc1F. The molecule has 5 heteroatoms. The summed E-state index contributed by atoms with van der Waals surface area (Å²) in [6, 6.07) is 2.26. The zero-order valence-corrected chi connectivity index (χ0v) is 10.9. The highest BCUT2D eigenvalue weighted by Gasteiger charge is 2.14. The first-order chi connectivity index (χ1) is 8.20. The van der Waals surface area contributed by atoms with Crippen molar-refractivity contribution in [2.24, 2.45) is 5.41 Å². The molecule has 0 bridgehead atoms. The number of carboxylic acids is 1. The fraction of sp³-hybridized carbons (Fsp3) is 0.462. The van der Waals surface area contributed by atoms with Crippen LogP contribution in [0.25, 0.3) is 0 Å². The third-order valence-corrected chi connectivity index (χ3v) is 2.56. The summed E-state index contributed by atoms with van der Waals surface area (Å²) in [4.78, 5) is 10.9. The molecule has 0 aliphatic carbocycles. The summed E-state index contributed by atoms with van der Waals surface area (Å²) in [6.07, 6.45) is 0.846. The van der Waals surface area contributed by atoms with Crippen molar-refractivity contribution < 1.29 is 14.3 Å². The highest BCUT2D eigenvalue weighted by Crippen LogP contribution is 2.24. The zero-order chi connectivity index (χ0) is 13.9. The van der Waals surface area contributed by atoms with Gasteiger partial charge in [0.25, 0.3) is 0 Å². The van der Waals surface area contributed by atoms with Crippen molar-refractivity contribution in [3.63, 3.8) is 0 Å². The molecule has 0 aliphatic rings. The number of hydrogen-bond acceptors (Lipinski definition) is 3. The van der Waals surface area contributed by atoms with E-state index in [4.69, 9.17) is 10.8 Å². The van der Waals surface area contributed by atoms with Crippen molar-refractivity contribution >= 4 is 17.3 Å². The van der Waals surface area contributed by atoms with E-state index in [2.05, 4.69) is 26.1 Å². The molecule has 0 saturated carbocycles. The standard InChI is InChI=1S/C13H19FN2O2/c1-13(2,3)4-5-16-11-6-8(12(17)18)10(15)7-9(11)14/h6-7,16H,4-5,15H2,1-3H3,(H,17,18). The highest BCUT2D eigenvalue weighted by molar-refractivity contribution is 5.94. The lowest BCUT2D eigenvalue weighted by molar-refractivity contribution is 0.0698. The summed E-state index contributed by atoms with van der Waals surface area (Å²) in [5.41, 5.74) is 5.59. The maximum absolute atomic E-state index is 13.6. The second-order valence-electron chi connectivity index (χ2n) is 5.46. The van der Waals surface area contributed by atoms with Crippen molar-refractivity contribution in [1.29, 1.82) is 0 Å². The van der Waals surface area contributed by atoms with E-state index >= 15 is 0 Å². The molecule has 100 valence electrons. The van der Waals surface area contributed by atoms with Crippen LogP contribution in [-0.4, -0.2) is 17.6 Å². The normalized spacial score (nSPS) is 11.3. The first-order valence-electron chi connectivity index (χ1n) is 5.77. The third kappa shape index (κ3) is 3.91. The van der Waals surface area contributed by atoms with Gasteiger partial charge in [0.1, 0.15) is 5.82 Å². The van der Waals surface area contributed by atoms with E-state index in [9.17, 15) is 9.18 Å². The number of halogens is 1. The maximum atomic E-state index is 13.6. The van der Waals surface area contributed by atoms with Gasteiger partial charge in [-0.05, 0) is 24.0 Å². The molecule has 0 saturated heterocycles. The largest absolute Gasteiger partial charge is 0.478 e. The van der Waals surface area contributed by atoms with E-state index in [1.54, 1.807) is 0 Å². The zero-order valence-electron chi connectivity index (χ0n) is 10.9. The van der Waals surface area contributed by atoms with E-state index in [0.717, 1.165) is 12.5 Å². The molecule has 0 radical (unpaired) electrons. The Kier molecular flexibility index (Phi) is 4.16. The van der Waals surface area contributed by atoms with Crippen LogP contribution in [0.4, 0.5) is 15.8 Å². The highest BCUT2D eigenvalue weighted by atomic mass is 19.1. The number of nitrogen functional groups attached to an aromatic ring is 1. The van der Waals surface area contributed by atoms with Crippen molar-refractivity contribution in [3.05, 3.63) is 23.5 Å². The average Bonchev–Trinajstić information content (AvgIpc) is 2.18. The lowest BCUT2D eigenvalue weighted by atomic mass is 9.92. The minimum absolute atomic E-state index is 0.0682. The summed E-state index contributed by atoms with van der Waals surface area (Å²) in [5.74, 6) is -1.70. The Bertz CT molecular complexity index is 453. The monoisotopic (exact) mass is 254 g/mol. The van der Waals surface area contributed by atoms with E-state index < -0.39 is 11.8 Å². The van der Waals surface area contributed by atoms with Gasteiger partial charge in [0.2, 0.25) is 0 Å². The molecule has 1 aromatic carbocycles. The smallest absolute Gasteiger partial charge is 0.337 e. The number of carboxylic acid groups (broad SMARTS) is 1. The number of nitrogens with one attached hydrogen (secondary N) is 1. The molecule has 0 aromatic heterocycles. The lowest BCUT2D eigenvalue weighted by Gasteiger charge is -2.19. The average molecular weight is 254 g/mol. The second-order valence-corrected chi connectivity index (χ2v) is 5.46. The molecule has 1 rings (SSSR count). The van der Waals surface area contributed by atoms with Crippen molar-refractivity contribution in [3.8, 4) is 0 Å². The Morgan fingerprint density at radius 2 is 2.06 bits per heavy atom. The lowest BCUT2D eigenvalue weighted by Crippen LogP contribution is -2.14. The third-order valence-electron chi connectivity index (χ3n) is 2.56. The number of anilines is 2. The predicted octanol–water partition coefficient (Wildman–Crippen LogP) is 2.95. The van der Waals surface area contributed by atoms with Crippen LogP contribution in [0.2, 0.25) is 0 Å². The van der Waals surface area contributed by atoms with Crippen LogP contribution < -0.4 is 11.1 Å². The Labute approximate surface area is 106 Å². The molecular formula is C13H19FN2O2. The van der Waals surface area contributed by atoms with E-state index in [0.29, 0.717) is 6.54 Å². The molecule has 0 spiro atoms. The van der Waals surface area contributed by atoms with E-state index in [-0.39, 0.29) is 22.4 Å². The van der Waals surface area contributed by atoms with Gasteiger partial charge in [-0.2, -0.15) is 0 Å². The van der Waals surface area contributed by atoms with Gasteiger partial charge in [-0.25, -0.2) is 9.18 Å². The Hall–Kier alpha value is -1.78. The first-order valence-corrected chi connectivity index (χ1v) is 5.77. The van der Waals surface area contributed by atoms with Crippen LogP contribution in [0.15, 0.2) is 12.1 Å². The van der Waals surface area contributed by atoms with Crippen LogP contribution in [0.5, 0.6) is 0 Å². The van der Waals surface area contributed by atoms with Crippen LogP contribution in [0.1, 0.15) is 37.6 Å². The molecule has 4 N–H and O–H groups in total. The van der Waals surface area contributed by atoms with Gasteiger partial charge < -0.3 is 16.2 Å². The van der Waals surface area contributed by atoms with Crippen LogP contribution in [0.3, 0.4) is 0 Å². The first kappa shape index (κ1) is 14.3. The van der Waals surface area contributed by atoms with Gasteiger partial charge in [0.15, 0.2) is 0 Å². The molecule has 0 heterocycles. The summed E-state index contributed by atoms with van der Waals surface area (Å²) >= 11 is 0. The molecule has 4 nitrogen and oxygen atoms in total. The van der Waals surface area contributed by atoms with E-state index in [1.165, 1.54) is 6.07 Å². The molecule has 0 fully saturated rings. The van der Waals surface area contributed by atoms with Gasteiger partial charge in [-0.15, -0.1) is 0 Å². The minimum Gasteiger partial charge on any atom is -0.478 e. The van der Waals surface area contributed by atoms with Crippen molar-refractivity contribution in [2.45, 2.75) is 27.2 Å². The number of aromatic carboxylic acids is 1. The fourth-order valence-electron chi connectivity index (χ4n) is 1.48. The van der Waals surface area contributed by atoms with Gasteiger partial charge >= 0.3 is 5.97 Å². The number of carbonyl (C=O) groups is 1. The molecule has 1 aromatic rings. The maximum Gasteiger partial charge on any atom is 0.337 e. The predicted molar refractivity (Wildman–Crippen MR) is 70.3 cm³/mol. The van der Waals surface area contributed by atoms with Gasteiger partial charge in [0, 0.05) is 12.2 Å². The Morgan fingerprint density at radius 3 is 2.56 bits per heavy atom. The van der Waals surface area contributed by atoms with Crippen LogP contribution in [-0.2, 0) is 0 Å². The molecule has 0 amide bonds. The van der Waals surface area contributed by atoms with Crippen LogP contribution >= 0.6 is 0 Å². The quantitative estimate of drug-likeness (QED) is 0.722. The number of benzene rings is 1. The summed E-state index contributed by atoms with van der Waals surface area (Å²) in [7, 11) is 0. The minimum atomic E-state index is -1.16. The fourth-order valence-corrected chi connectivity index (χ4v) is 1.48. The topological polar surface area (TPSA) is 75.3 Å². The number of rotatable bonds is 4. The van der Waals surface area contributed by atoms with Crippen LogP contribution in [0, 0.1) is 11.2 Å². The summed E-state index contributed by atoms with van der Waals surface area (Å²) in [5, 5.41) is 11.8.